The highest BCUT2D eigenvalue weighted by Gasteiger charge is 2.39. The first kappa shape index (κ1) is 23.7. The number of allylic oxidation sites excluding steroid dienone is 1. The van der Waals surface area contributed by atoms with Crippen molar-refractivity contribution in [3.05, 3.63) is 41.7 Å². The van der Waals surface area contributed by atoms with E-state index in [1.165, 1.54) is 6.20 Å². The summed E-state index contributed by atoms with van der Waals surface area (Å²) in [5.74, 6) is 0.349. The van der Waals surface area contributed by atoms with Crippen LogP contribution in [0.2, 0.25) is 0 Å². The Morgan fingerprint density at radius 3 is 2.69 bits per heavy atom. The molecule has 0 radical (unpaired) electrons. The molecule has 5 rings (SSSR count). The lowest BCUT2D eigenvalue weighted by Gasteiger charge is -2.45. The smallest absolute Gasteiger partial charge is 0.300 e. The van der Waals surface area contributed by atoms with Crippen LogP contribution in [0, 0.1) is 0 Å². The summed E-state index contributed by atoms with van der Waals surface area (Å²) in [5, 5.41) is 13.1. The number of amides is 1. The van der Waals surface area contributed by atoms with Gasteiger partial charge in [0.15, 0.2) is 5.58 Å². The van der Waals surface area contributed by atoms with Crippen molar-refractivity contribution in [1.82, 2.24) is 15.0 Å². The van der Waals surface area contributed by atoms with Crippen molar-refractivity contribution in [3.8, 4) is 0 Å². The predicted octanol–water partition coefficient (Wildman–Crippen LogP) is 1.28. The molecule has 0 spiro atoms. The lowest BCUT2D eigenvalue weighted by molar-refractivity contribution is 0.0304. The van der Waals surface area contributed by atoms with Gasteiger partial charge in [-0.1, -0.05) is 6.07 Å². The van der Waals surface area contributed by atoms with Crippen molar-refractivity contribution in [2.45, 2.75) is 12.5 Å². The number of ether oxygens (including phenoxy) is 1. The van der Waals surface area contributed by atoms with Gasteiger partial charge in [0.2, 0.25) is 5.65 Å². The maximum Gasteiger partial charge on any atom is 0.300 e. The van der Waals surface area contributed by atoms with Crippen molar-refractivity contribution < 1.29 is 19.1 Å². The van der Waals surface area contributed by atoms with Crippen LogP contribution in [0.5, 0.6) is 0 Å². The van der Waals surface area contributed by atoms with Gasteiger partial charge in [0.25, 0.3) is 11.9 Å². The Balaban J connectivity index is 1.48. The molecule has 12 nitrogen and oxygen atoms in total. The number of hydrogen-bond acceptors (Lipinski definition) is 11. The quantitative estimate of drug-likeness (QED) is 0.429. The largest absolute Gasteiger partial charge is 0.422 e. The normalized spacial score (nSPS) is 18.0. The number of aliphatic imine (C=N–C) groups is 1. The number of carbonyl (C=O) groups is 1. The number of aromatic nitrogens is 3. The Labute approximate surface area is 207 Å². The number of aliphatic hydroxyl groups is 1. The van der Waals surface area contributed by atoms with Crippen molar-refractivity contribution in [2.75, 3.05) is 61.6 Å². The van der Waals surface area contributed by atoms with Crippen LogP contribution in [0.15, 0.2) is 39.9 Å². The Morgan fingerprint density at radius 2 is 2.00 bits per heavy atom. The Hall–Kier alpha value is -4.03. The zero-order chi connectivity index (χ0) is 25.3. The van der Waals surface area contributed by atoms with E-state index in [0.717, 1.165) is 0 Å². The first-order valence-electron chi connectivity index (χ1n) is 11.6. The topological polar surface area (TPSA) is 155 Å². The Bertz CT molecular complexity index is 1340. The number of rotatable bonds is 6. The monoisotopic (exact) mass is 492 g/mol. The van der Waals surface area contributed by atoms with E-state index in [4.69, 9.17) is 14.9 Å². The summed E-state index contributed by atoms with van der Waals surface area (Å²) in [5.41, 5.74) is 7.12. The molecular formula is C24H28N8O4. The van der Waals surface area contributed by atoms with E-state index in [1.54, 1.807) is 44.5 Å². The van der Waals surface area contributed by atoms with E-state index in [-0.39, 0.29) is 0 Å². The number of β-amino-alcohol motifs (C(OH)–C–C–N with tert-alkyl or cyclic N) is 1. The minimum Gasteiger partial charge on any atom is -0.422 e. The fourth-order valence-corrected chi connectivity index (χ4v) is 4.25. The summed E-state index contributed by atoms with van der Waals surface area (Å²) in [7, 11) is 1.64. The second kappa shape index (κ2) is 9.55. The maximum atomic E-state index is 13.4. The summed E-state index contributed by atoms with van der Waals surface area (Å²) < 4.78 is 11.4. The number of hydrogen-bond donors (Lipinski definition) is 3. The van der Waals surface area contributed by atoms with E-state index < -0.39 is 11.5 Å². The van der Waals surface area contributed by atoms with Gasteiger partial charge in [-0.15, -0.1) is 0 Å². The fraction of sp³-hybridized carbons (Fsp3) is 0.375. The summed E-state index contributed by atoms with van der Waals surface area (Å²) in [4.78, 5) is 34.9. The molecule has 0 saturated carbocycles. The number of fused-ring (bicyclic) bond motifs is 1. The molecule has 0 aromatic carbocycles. The highest BCUT2D eigenvalue weighted by Crippen LogP contribution is 2.33. The standard InChI is InChI=1S/C24H28N8O4/c1-24(34)13-32(14-24)21-16(10-18-20(29-21)30-23(36-18)31-6-8-35-9-7-31)22(33)28-19-5-3-4-17(27-19)15(11-25)12-26-2/h3-5,10-12,34H,6-9,13-14,25H2,1-2H3,(H,27,28,33)/b15-11+,26-12?. The van der Waals surface area contributed by atoms with Crippen LogP contribution >= 0.6 is 0 Å². The van der Waals surface area contributed by atoms with Gasteiger partial charge in [-0.05, 0) is 19.1 Å². The number of nitrogens with one attached hydrogen (secondary N) is 1. The molecule has 3 aromatic heterocycles. The molecule has 5 heterocycles. The van der Waals surface area contributed by atoms with Gasteiger partial charge in [0.1, 0.15) is 11.6 Å². The molecule has 2 aliphatic rings. The molecule has 1 amide bonds. The van der Waals surface area contributed by atoms with Crippen molar-refractivity contribution >= 4 is 46.6 Å². The van der Waals surface area contributed by atoms with E-state index in [9.17, 15) is 9.90 Å². The molecular weight excluding hydrogens is 464 g/mol. The van der Waals surface area contributed by atoms with Gasteiger partial charge in [-0.2, -0.15) is 4.98 Å². The van der Waals surface area contributed by atoms with E-state index in [0.29, 0.717) is 85.1 Å². The predicted molar refractivity (Wildman–Crippen MR) is 136 cm³/mol. The Kier molecular flexibility index (Phi) is 6.29. The number of carbonyl (C=O) groups excluding carboxylic acids is 1. The maximum absolute atomic E-state index is 13.4. The molecule has 36 heavy (non-hydrogen) atoms. The minimum atomic E-state index is -0.852. The summed E-state index contributed by atoms with van der Waals surface area (Å²) in [6.07, 6.45) is 3.00. The third-order valence-electron chi connectivity index (χ3n) is 5.97. The number of morpholine rings is 1. The van der Waals surface area contributed by atoms with E-state index >= 15 is 0 Å². The lowest BCUT2D eigenvalue weighted by atomic mass is 9.96. The zero-order valence-corrected chi connectivity index (χ0v) is 20.1. The molecule has 0 aliphatic carbocycles. The molecule has 2 fully saturated rings. The van der Waals surface area contributed by atoms with Crippen LogP contribution in [0.1, 0.15) is 23.0 Å². The summed E-state index contributed by atoms with van der Waals surface area (Å²) in [6, 6.07) is 7.30. The number of pyridine rings is 2. The van der Waals surface area contributed by atoms with Gasteiger partial charge in [-0.25, -0.2) is 9.97 Å². The number of nitrogens with zero attached hydrogens (tertiary/aromatic N) is 6. The van der Waals surface area contributed by atoms with Gasteiger partial charge in [0.05, 0.1) is 30.1 Å². The third-order valence-corrected chi connectivity index (χ3v) is 5.97. The molecule has 0 unspecified atom stereocenters. The van der Waals surface area contributed by atoms with Gasteiger partial charge >= 0.3 is 0 Å². The third kappa shape index (κ3) is 4.72. The molecule has 0 bridgehead atoms. The van der Waals surface area contributed by atoms with E-state index in [2.05, 4.69) is 25.3 Å². The van der Waals surface area contributed by atoms with Crippen LogP contribution in [0.3, 0.4) is 0 Å². The lowest BCUT2D eigenvalue weighted by Crippen LogP contribution is -2.60. The van der Waals surface area contributed by atoms with Crippen molar-refractivity contribution in [1.29, 1.82) is 0 Å². The fourth-order valence-electron chi connectivity index (χ4n) is 4.25. The van der Waals surface area contributed by atoms with Crippen LogP contribution in [0.25, 0.3) is 16.8 Å². The number of nitrogens with two attached hydrogens (primary N) is 1. The Morgan fingerprint density at radius 1 is 1.22 bits per heavy atom. The molecule has 3 aromatic rings. The highest BCUT2D eigenvalue weighted by atomic mass is 16.5. The minimum absolute atomic E-state index is 0.291. The summed E-state index contributed by atoms with van der Waals surface area (Å²) in [6.45, 7) is 4.92. The van der Waals surface area contributed by atoms with E-state index in [1.807, 2.05) is 9.80 Å². The van der Waals surface area contributed by atoms with Gasteiger partial charge in [-0.3, -0.25) is 9.79 Å². The average molecular weight is 493 g/mol. The molecule has 4 N–H and O–H groups in total. The number of oxazole rings is 1. The highest BCUT2D eigenvalue weighted by molar-refractivity contribution is 6.10. The van der Waals surface area contributed by atoms with Crippen molar-refractivity contribution in [2.24, 2.45) is 10.7 Å². The second-order valence-corrected chi connectivity index (χ2v) is 9.00. The second-order valence-electron chi connectivity index (χ2n) is 9.00. The molecule has 2 saturated heterocycles. The zero-order valence-electron chi connectivity index (χ0n) is 20.1. The molecule has 188 valence electrons. The van der Waals surface area contributed by atoms with Crippen LogP contribution < -0.4 is 20.9 Å². The molecule has 0 atom stereocenters. The average Bonchev–Trinajstić information content (AvgIpc) is 3.29. The number of anilines is 3. The van der Waals surface area contributed by atoms with Crippen LogP contribution in [-0.2, 0) is 4.74 Å². The van der Waals surface area contributed by atoms with Gasteiger partial charge < -0.3 is 35.1 Å². The first-order chi connectivity index (χ1) is 17.4. The first-order valence-corrected chi connectivity index (χ1v) is 11.6. The molecule has 2 aliphatic heterocycles. The van der Waals surface area contributed by atoms with Crippen LogP contribution in [-0.4, -0.2) is 84.2 Å². The van der Waals surface area contributed by atoms with Crippen molar-refractivity contribution in [3.63, 3.8) is 0 Å². The SMILES string of the molecule is CN=C/C(=C\N)c1cccc(NC(=O)c2cc3oc(N4CCOCC4)nc3nc2N2CC(C)(O)C2)n1. The summed E-state index contributed by atoms with van der Waals surface area (Å²) >= 11 is 0. The molecule has 12 heteroatoms. The van der Waals surface area contributed by atoms with Gasteiger partial charge in [0, 0.05) is 57.3 Å². The van der Waals surface area contributed by atoms with Crippen LogP contribution in [0.4, 0.5) is 17.7 Å².